The number of piperidine rings is 1. The van der Waals surface area contributed by atoms with Crippen molar-refractivity contribution >= 4 is 21.8 Å². The van der Waals surface area contributed by atoms with Gasteiger partial charge >= 0.3 is 0 Å². The first-order valence-corrected chi connectivity index (χ1v) is 12.6. The number of sulfonamides is 1. The summed E-state index contributed by atoms with van der Waals surface area (Å²) in [6.45, 7) is 6.24. The minimum atomic E-state index is -3.53. The number of rotatable bonds is 5. The number of hydrogen-bond donors (Lipinski definition) is 1. The Morgan fingerprint density at radius 2 is 1.52 bits per heavy atom. The van der Waals surface area contributed by atoms with Gasteiger partial charge in [-0.3, -0.25) is 9.59 Å². The molecule has 1 aromatic rings. The number of hydrogen-bond acceptors (Lipinski definition) is 5. The molecule has 31 heavy (non-hydrogen) atoms. The second kappa shape index (κ2) is 8.88. The van der Waals surface area contributed by atoms with Crippen LogP contribution < -0.4 is 4.72 Å². The quantitative estimate of drug-likeness (QED) is 0.737. The van der Waals surface area contributed by atoms with E-state index in [4.69, 9.17) is 4.74 Å². The van der Waals surface area contributed by atoms with E-state index in [0.717, 1.165) is 12.8 Å². The zero-order chi connectivity index (χ0) is 22.2. The average molecular weight is 450 g/mol. The van der Waals surface area contributed by atoms with Crippen LogP contribution in [0.3, 0.4) is 0 Å². The Bertz CT molecular complexity index is 911. The van der Waals surface area contributed by atoms with Gasteiger partial charge in [0.2, 0.25) is 15.9 Å². The minimum absolute atomic E-state index is 0.0409. The molecule has 0 aromatic heterocycles. The highest BCUT2D eigenvalue weighted by Crippen LogP contribution is 2.25. The number of ether oxygens (including phenoxy) is 1. The first kappa shape index (κ1) is 22.2. The molecule has 0 radical (unpaired) electrons. The Kier molecular flexibility index (Phi) is 6.37. The molecule has 2 saturated heterocycles. The molecule has 2 amide bonds. The van der Waals surface area contributed by atoms with Gasteiger partial charge in [0, 0.05) is 43.7 Å². The molecule has 2 atom stereocenters. The SMILES string of the molecule is C[C@@H]1CN(C(=O)C2CCN(C(=O)c3ccc(S(=O)(=O)NC4CC4)cc3)CC2)C[C@@H](C)O1. The van der Waals surface area contributed by atoms with Gasteiger partial charge in [-0.15, -0.1) is 0 Å². The third kappa shape index (κ3) is 5.27. The summed E-state index contributed by atoms with van der Waals surface area (Å²) in [5.74, 6) is -0.0343. The Balaban J connectivity index is 1.32. The standard InChI is InChI=1S/C22H31N3O5S/c1-15-13-25(14-16(2)30-15)22(27)18-9-11-24(12-10-18)21(26)17-3-7-20(8-4-17)31(28,29)23-19-5-6-19/h3-4,7-8,15-16,18-19,23H,5-6,9-14H2,1-2H3/t15-,16-/m1/s1. The van der Waals surface area contributed by atoms with E-state index < -0.39 is 10.0 Å². The highest BCUT2D eigenvalue weighted by molar-refractivity contribution is 7.89. The second-order valence-electron chi connectivity index (χ2n) is 8.99. The van der Waals surface area contributed by atoms with E-state index in [2.05, 4.69) is 4.72 Å². The molecular formula is C22H31N3O5S. The van der Waals surface area contributed by atoms with Gasteiger partial charge in [-0.05, 0) is 63.8 Å². The summed E-state index contributed by atoms with van der Waals surface area (Å²) >= 11 is 0. The van der Waals surface area contributed by atoms with E-state index >= 15 is 0 Å². The third-order valence-electron chi connectivity index (χ3n) is 6.17. The Morgan fingerprint density at radius 3 is 2.06 bits per heavy atom. The highest BCUT2D eigenvalue weighted by atomic mass is 32.2. The number of benzene rings is 1. The zero-order valence-corrected chi connectivity index (χ0v) is 18.9. The van der Waals surface area contributed by atoms with Gasteiger partial charge in [0.05, 0.1) is 17.1 Å². The topological polar surface area (TPSA) is 96.0 Å². The van der Waals surface area contributed by atoms with Crippen LogP contribution in [0.4, 0.5) is 0 Å². The van der Waals surface area contributed by atoms with Crippen LogP contribution >= 0.6 is 0 Å². The van der Waals surface area contributed by atoms with E-state index in [1.807, 2.05) is 18.7 Å². The van der Waals surface area contributed by atoms with Crippen LogP contribution in [-0.4, -0.2) is 74.5 Å². The van der Waals surface area contributed by atoms with Gasteiger partial charge in [-0.25, -0.2) is 13.1 Å². The molecule has 9 heteroatoms. The fourth-order valence-corrected chi connectivity index (χ4v) is 5.70. The second-order valence-corrected chi connectivity index (χ2v) is 10.7. The number of carbonyl (C=O) groups excluding carboxylic acids is 2. The van der Waals surface area contributed by atoms with Crippen molar-refractivity contribution in [1.29, 1.82) is 0 Å². The van der Waals surface area contributed by atoms with E-state index in [1.54, 1.807) is 17.0 Å². The lowest BCUT2D eigenvalue weighted by molar-refractivity contribution is -0.148. The minimum Gasteiger partial charge on any atom is -0.372 e. The van der Waals surface area contributed by atoms with Crippen LogP contribution in [0.5, 0.6) is 0 Å². The number of amides is 2. The summed E-state index contributed by atoms with van der Waals surface area (Å²) in [4.78, 5) is 29.6. The first-order chi connectivity index (χ1) is 14.7. The lowest BCUT2D eigenvalue weighted by Gasteiger charge is -2.39. The summed E-state index contributed by atoms with van der Waals surface area (Å²) in [6, 6.07) is 6.14. The summed E-state index contributed by atoms with van der Waals surface area (Å²) < 4.78 is 32.9. The predicted octanol–water partition coefficient (Wildman–Crippen LogP) is 1.62. The maximum absolute atomic E-state index is 12.9. The largest absolute Gasteiger partial charge is 0.372 e. The molecule has 2 aliphatic heterocycles. The Morgan fingerprint density at radius 1 is 0.935 bits per heavy atom. The first-order valence-electron chi connectivity index (χ1n) is 11.1. The van der Waals surface area contributed by atoms with Crippen molar-refractivity contribution in [2.24, 2.45) is 5.92 Å². The van der Waals surface area contributed by atoms with Crippen molar-refractivity contribution in [3.05, 3.63) is 29.8 Å². The number of morpholine rings is 1. The highest BCUT2D eigenvalue weighted by Gasteiger charge is 2.34. The summed E-state index contributed by atoms with van der Waals surface area (Å²) in [7, 11) is -3.53. The molecule has 3 aliphatic rings. The third-order valence-corrected chi connectivity index (χ3v) is 7.71. The van der Waals surface area contributed by atoms with Crippen LogP contribution in [-0.2, 0) is 19.6 Å². The van der Waals surface area contributed by atoms with Crippen LogP contribution in [0.1, 0.15) is 49.9 Å². The Labute approximate surface area is 184 Å². The van der Waals surface area contributed by atoms with Gasteiger partial charge in [-0.2, -0.15) is 0 Å². The van der Waals surface area contributed by atoms with Crippen LogP contribution in [0, 0.1) is 5.92 Å². The summed E-state index contributed by atoms with van der Waals surface area (Å²) in [5, 5.41) is 0. The molecule has 1 aliphatic carbocycles. The maximum Gasteiger partial charge on any atom is 0.253 e. The molecule has 170 valence electrons. The average Bonchev–Trinajstić information content (AvgIpc) is 3.55. The molecule has 1 N–H and O–H groups in total. The van der Waals surface area contributed by atoms with Gasteiger partial charge in [0.15, 0.2) is 0 Å². The molecule has 2 heterocycles. The van der Waals surface area contributed by atoms with E-state index in [9.17, 15) is 18.0 Å². The Hall–Kier alpha value is -1.97. The number of likely N-dealkylation sites (tertiary alicyclic amines) is 1. The van der Waals surface area contributed by atoms with Crippen molar-refractivity contribution < 1.29 is 22.7 Å². The molecule has 0 bridgehead atoms. The lowest BCUT2D eigenvalue weighted by atomic mass is 9.94. The van der Waals surface area contributed by atoms with Crippen molar-refractivity contribution in [3.8, 4) is 0 Å². The normalized spacial score (nSPS) is 25.5. The summed E-state index contributed by atoms with van der Waals surface area (Å²) in [6.07, 6.45) is 3.11. The number of nitrogens with zero attached hydrogens (tertiary/aromatic N) is 2. The monoisotopic (exact) mass is 449 g/mol. The molecular weight excluding hydrogens is 418 g/mol. The molecule has 0 unspecified atom stereocenters. The molecule has 8 nitrogen and oxygen atoms in total. The fraction of sp³-hybridized carbons (Fsp3) is 0.636. The van der Waals surface area contributed by atoms with Crippen LogP contribution in [0.2, 0.25) is 0 Å². The van der Waals surface area contributed by atoms with Crippen molar-refractivity contribution in [3.63, 3.8) is 0 Å². The van der Waals surface area contributed by atoms with E-state index in [-0.39, 0.29) is 40.9 Å². The van der Waals surface area contributed by atoms with Gasteiger partial charge in [0.1, 0.15) is 0 Å². The molecule has 0 spiro atoms. The van der Waals surface area contributed by atoms with Crippen molar-refractivity contribution in [2.45, 2.75) is 62.7 Å². The van der Waals surface area contributed by atoms with Crippen LogP contribution in [0.15, 0.2) is 29.2 Å². The van der Waals surface area contributed by atoms with Gasteiger partial charge in [-0.1, -0.05) is 0 Å². The fourth-order valence-electron chi connectivity index (χ4n) is 4.39. The molecule has 1 aromatic carbocycles. The maximum atomic E-state index is 12.9. The van der Waals surface area contributed by atoms with Crippen molar-refractivity contribution in [1.82, 2.24) is 14.5 Å². The van der Waals surface area contributed by atoms with Crippen molar-refractivity contribution in [2.75, 3.05) is 26.2 Å². The predicted molar refractivity (Wildman–Crippen MR) is 115 cm³/mol. The molecule has 1 saturated carbocycles. The van der Waals surface area contributed by atoms with Gasteiger partial charge in [0.25, 0.3) is 5.91 Å². The van der Waals surface area contributed by atoms with Gasteiger partial charge < -0.3 is 14.5 Å². The zero-order valence-electron chi connectivity index (χ0n) is 18.1. The lowest BCUT2D eigenvalue weighted by Crippen LogP contribution is -2.51. The van der Waals surface area contributed by atoms with E-state index in [0.29, 0.717) is 44.6 Å². The number of carbonyl (C=O) groups is 2. The molecule has 3 fully saturated rings. The van der Waals surface area contributed by atoms with E-state index in [1.165, 1.54) is 12.1 Å². The van der Waals surface area contributed by atoms with Crippen LogP contribution in [0.25, 0.3) is 0 Å². The summed E-state index contributed by atoms with van der Waals surface area (Å²) in [5.41, 5.74) is 0.464. The number of nitrogens with one attached hydrogen (secondary N) is 1. The smallest absolute Gasteiger partial charge is 0.253 e. The molecule has 4 rings (SSSR count).